The van der Waals surface area contributed by atoms with Crippen LogP contribution in [0.15, 0.2) is 59.5 Å². The van der Waals surface area contributed by atoms with Crippen molar-refractivity contribution in [1.29, 1.82) is 0 Å². The Morgan fingerprint density at radius 3 is 2.15 bits per heavy atom. The first kappa shape index (κ1) is 21.4. The zero-order valence-corrected chi connectivity index (χ0v) is 16.6. The van der Waals surface area contributed by atoms with E-state index < -0.39 is 22.2 Å². The van der Waals surface area contributed by atoms with Crippen molar-refractivity contribution in [2.75, 3.05) is 18.8 Å². The van der Waals surface area contributed by atoms with Gasteiger partial charge in [-0.05, 0) is 42.2 Å². The fourth-order valence-electron chi connectivity index (χ4n) is 2.83. The van der Waals surface area contributed by atoms with Crippen molar-refractivity contribution in [2.45, 2.75) is 37.3 Å². The monoisotopic (exact) mass is 391 g/mol. The predicted molar refractivity (Wildman–Crippen MR) is 109 cm³/mol. The van der Waals surface area contributed by atoms with E-state index in [1.54, 1.807) is 12.1 Å². The van der Waals surface area contributed by atoms with Crippen molar-refractivity contribution in [3.63, 3.8) is 0 Å². The molecule has 0 saturated carbocycles. The largest absolute Gasteiger partial charge is 0.399 e. The van der Waals surface area contributed by atoms with Crippen molar-refractivity contribution in [3.8, 4) is 0 Å². The second kappa shape index (κ2) is 9.32. The Kier molecular flexibility index (Phi) is 7.38. The molecule has 27 heavy (non-hydrogen) atoms. The van der Waals surface area contributed by atoms with E-state index in [-0.39, 0.29) is 17.4 Å². The summed E-state index contributed by atoms with van der Waals surface area (Å²) in [5.41, 5.74) is 13.3. The van der Waals surface area contributed by atoms with Gasteiger partial charge < -0.3 is 16.6 Å². The molecule has 2 aromatic rings. The zero-order chi connectivity index (χ0) is 20.0. The number of rotatable bonds is 9. The third kappa shape index (κ3) is 6.04. The van der Waals surface area contributed by atoms with Crippen molar-refractivity contribution in [2.24, 2.45) is 11.7 Å². The highest BCUT2D eigenvalue weighted by Gasteiger charge is 2.29. The van der Waals surface area contributed by atoms with Crippen LogP contribution in [-0.2, 0) is 16.4 Å². The third-order valence-electron chi connectivity index (χ3n) is 4.29. The molecule has 0 aliphatic rings. The van der Waals surface area contributed by atoms with Crippen molar-refractivity contribution >= 4 is 15.7 Å². The van der Waals surface area contributed by atoms with E-state index in [9.17, 15) is 13.5 Å². The summed E-state index contributed by atoms with van der Waals surface area (Å²) in [6.07, 6.45) is -0.507. The number of aliphatic hydroxyl groups is 1. The van der Waals surface area contributed by atoms with Gasteiger partial charge in [0.2, 0.25) is 10.0 Å². The zero-order valence-electron chi connectivity index (χ0n) is 15.8. The maximum absolute atomic E-state index is 13.0. The van der Waals surface area contributed by atoms with Crippen LogP contribution in [-0.4, -0.2) is 43.1 Å². The second-order valence-electron chi connectivity index (χ2n) is 7.21. The molecule has 0 spiro atoms. The Labute approximate surface area is 161 Å². The molecule has 0 bridgehead atoms. The highest BCUT2D eigenvalue weighted by atomic mass is 32.2. The number of nitrogen functional groups attached to an aromatic ring is 1. The molecule has 2 rings (SSSR count). The van der Waals surface area contributed by atoms with E-state index >= 15 is 0 Å². The van der Waals surface area contributed by atoms with Crippen LogP contribution in [0, 0.1) is 5.92 Å². The van der Waals surface area contributed by atoms with Gasteiger partial charge in [-0.3, -0.25) is 0 Å². The van der Waals surface area contributed by atoms with Crippen LogP contribution < -0.4 is 11.5 Å². The molecule has 0 aliphatic carbocycles. The topological polar surface area (TPSA) is 110 Å². The van der Waals surface area contributed by atoms with E-state index in [0.29, 0.717) is 18.7 Å². The Morgan fingerprint density at radius 1 is 1.00 bits per heavy atom. The van der Waals surface area contributed by atoms with Crippen LogP contribution >= 0.6 is 0 Å². The molecular formula is C20H29N3O3S. The van der Waals surface area contributed by atoms with Crippen molar-refractivity contribution < 1.29 is 13.5 Å². The quantitative estimate of drug-likeness (QED) is 0.565. The molecule has 7 heteroatoms. The summed E-state index contributed by atoms with van der Waals surface area (Å²) in [4.78, 5) is 0.154. The van der Waals surface area contributed by atoms with Gasteiger partial charge >= 0.3 is 0 Å². The lowest BCUT2D eigenvalue weighted by Gasteiger charge is -2.28. The van der Waals surface area contributed by atoms with Gasteiger partial charge in [0.05, 0.1) is 11.0 Å². The number of aliphatic hydroxyl groups excluding tert-OH is 1. The number of anilines is 1. The summed E-state index contributed by atoms with van der Waals surface area (Å²) in [5.74, 6) is 0.103. The Morgan fingerprint density at radius 2 is 1.59 bits per heavy atom. The number of nitrogens with zero attached hydrogens (tertiary/aromatic N) is 1. The van der Waals surface area contributed by atoms with Gasteiger partial charge in [-0.1, -0.05) is 44.2 Å². The van der Waals surface area contributed by atoms with Crippen LogP contribution in [0.2, 0.25) is 0 Å². The molecule has 2 atom stereocenters. The van der Waals surface area contributed by atoms with E-state index in [1.165, 1.54) is 16.4 Å². The van der Waals surface area contributed by atoms with Gasteiger partial charge in [0.25, 0.3) is 0 Å². The van der Waals surface area contributed by atoms with Crippen LogP contribution in [0.3, 0.4) is 0 Å². The molecule has 0 amide bonds. The highest BCUT2D eigenvalue weighted by molar-refractivity contribution is 7.89. The van der Waals surface area contributed by atoms with Gasteiger partial charge in [0.15, 0.2) is 0 Å². The summed E-state index contributed by atoms with van der Waals surface area (Å²) in [5, 5.41) is 10.6. The first-order valence-electron chi connectivity index (χ1n) is 9.03. The average Bonchev–Trinajstić information content (AvgIpc) is 2.62. The first-order valence-corrected chi connectivity index (χ1v) is 10.5. The lowest BCUT2D eigenvalue weighted by molar-refractivity contribution is 0.116. The minimum atomic E-state index is -3.75. The third-order valence-corrected chi connectivity index (χ3v) is 6.13. The molecule has 0 saturated heterocycles. The van der Waals surface area contributed by atoms with Crippen molar-refractivity contribution in [3.05, 3.63) is 60.2 Å². The van der Waals surface area contributed by atoms with Gasteiger partial charge in [0, 0.05) is 24.8 Å². The molecule has 6 nitrogen and oxygen atoms in total. The van der Waals surface area contributed by atoms with Gasteiger partial charge in [-0.25, -0.2) is 8.42 Å². The maximum atomic E-state index is 13.0. The summed E-state index contributed by atoms with van der Waals surface area (Å²) in [6.45, 7) is 4.10. The maximum Gasteiger partial charge on any atom is 0.243 e. The van der Waals surface area contributed by atoms with Crippen LogP contribution in [0.25, 0.3) is 0 Å². The Balaban J connectivity index is 2.16. The summed E-state index contributed by atoms with van der Waals surface area (Å²) in [6, 6.07) is 15.1. The predicted octanol–water partition coefficient (Wildman–Crippen LogP) is 1.85. The number of hydrogen-bond donors (Lipinski definition) is 3. The molecule has 0 aliphatic heterocycles. The smallest absolute Gasteiger partial charge is 0.243 e. The number of hydrogen-bond acceptors (Lipinski definition) is 5. The first-order chi connectivity index (χ1) is 12.7. The SMILES string of the molecule is CC(C)CN(C[C@H](O)[C@@H](N)Cc1ccccc1)S(=O)(=O)c1ccc(N)cc1. The molecular weight excluding hydrogens is 362 g/mol. The molecule has 0 radical (unpaired) electrons. The summed E-state index contributed by atoms with van der Waals surface area (Å²) >= 11 is 0. The molecule has 2 aromatic carbocycles. The second-order valence-corrected chi connectivity index (χ2v) is 9.14. The van der Waals surface area contributed by atoms with Gasteiger partial charge in [-0.2, -0.15) is 4.31 Å². The summed E-state index contributed by atoms with van der Waals surface area (Å²) < 4.78 is 27.4. The Bertz CT molecular complexity index is 808. The van der Waals surface area contributed by atoms with E-state index in [2.05, 4.69) is 0 Å². The van der Waals surface area contributed by atoms with E-state index in [0.717, 1.165) is 5.56 Å². The standard InChI is InChI=1S/C20H29N3O3S/c1-15(2)13-23(27(25,26)18-10-8-17(21)9-11-18)14-20(24)19(22)12-16-6-4-3-5-7-16/h3-11,15,19-20,24H,12-14,21-22H2,1-2H3/t19-,20-/m0/s1. The van der Waals surface area contributed by atoms with E-state index in [4.69, 9.17) is 11.5 Å². The molecule has 0 unspecified atom stereocenters. The fraction of sp³-hybridized carbons (Fsp3) is 0.400. The lowest BCUT2D eigenvalue weighted by atomic mass is 10.0. The van der Waals surface area contributed by atoms with Gasteiger partial charge in [0.1, 0.15) is 0 Å². The lowest BCUT2D eigenvalue weighted by Crippen LogP contribution is -2.47. The molecule has 0 aromatic heterocycles. The number of benzene rings is 2. The molecule has 148 valence electrons. The van der Waals surface area contributed by atoms with Crippen LogP contribution in [0.5, 0.6) is 0 Å². The van der Waals surface area contributed by atoms with Gasteiger partial charge in [-0.15, -0.1) is 0 Å². The van der Waals surface area contributed by atoms with Crippen LogP contribution in [0.4, 0.5) is 5.69 Å². The van der Waals surface area contributed by atoms with E-state index in [1.807, 2.05) is 44.2 Å². The Hall–Kier alpha value is -1.93. The summed E-state index contributed by atoms with van der Waals surface area (Å²) in [7, 11) is -3.75. The minimum absolute atomic E-state index is 0.0567. The van der Waals surface area contributed by atoms with Crippen LogP contribution in [0.1, 0.15) is 19.4 Å². The van der Waals surface area contributed by atoms with Crippen molar-refractivity contribution in [1.82, 2.24) is 4.31 Å². The minimum Gasteiger partial charge on any atom is -0.399 e. The normalized spacial score (nSPS) is 14.4. The number of nitrogens with two attached hydrogens (primary N) is 2. The molecule has 0 fully saturated rings. The molecule has 5 N–H and O–H groups in total. The fourth-order valence-corrected chi connectivity index (χ4v) is 4.45. The number of sulfonamides is 1. The molecule has 0 heterocycles. The average molecular weight is 392 g/mol. The highest BCUT2D eigenvalue weighted by Crippen LogP contribution is 2.19.